The number of halogens is 1. The Morgan fingerprint density at radius 2 is 1.95 bits per heavy atom. The molecule has 0 atom stereocenters. The fourth-order valence-corrected chi connectivity index (χ4v) is 2.00. The number of nitro benzene ring substituents is 1. The first-order valence-corrected chi connectivity index (χ1v) is 6.06. The van der Waals surface area contributed by atoms with Crippen LogP contribution < -0.4 is 0 Å². The van der Waals surface area contributed by atoms with Gasteiger partial charge in [-0.25, -0.2) is 4.79 Å². The number of benzene rings is 2. The van der Waals surface area contributed by atoms with Crippen LogP contribution in [-0.2, 0) is 0 Å². The van der Waals surface area contributed by atoms with Crippen LogP contribution in [0, 0.1) is 17.0 Å². The lowest BCUT2D eigenvalue weighted by atomic mass is 9.97. The van der Waals surface area contributed by atoms with Crippen LogP contribution in [0.2, 0.25) is 5.02 Å². The highest BCUT2D eigenvalue weighted by Gasteiger charge is 2.17. The van der Waals surface area contributed by atoms with E-state index in [1.165, 1.54) is 18.2 Å². The highest BCUT2D eigenvalue weighted by Crippen LogP contribution is 2.30. The number of aryl methyl sites for hydroxylation is 1. The molecule has 2 aromatic rings. The zero-order valence-corrected chi connectivity index (χ0v) is 11.2. The largest absolute Gasteiger partial charge is 0.478 e. The van der Waals surface area contributed by atoms with Crippen molar-refractivity contribution in [3.63, 3.8) is 0 Å². The molecule has 0 bridgehead atoms. The molecule has 2 aromatic carbocycles. The van der Waals surface area contributed by atoms with Crippen LogP contribution in [0.3, 0.4) is 0 Å². The maximum atomic E-state index is 11.2. The molecule has 0 unspecified atom stereocenters. The molecule has 0 aromatic heterocycles. The second kappa shape index (κ2) is 5.30. The summed E-state index contributed by atoms with van der Waals surface area (Å²) in [6, 6.07) is 8.65. The number of hydrogen-bond acceptors (Lipinski definition) is 3. The minimum absolute atomic E-state index is 0.0114. The van der Waals surface area contributed by atoms with Crippen molar-refractivity contribution in [3.8, 4) is 11.1 Å². The third-order valence-electron chi connectivity index (χ3n) is 2.91. The van der Waals surface area contributed by atoms with Crippen molar-refractivity contribution in [2.24, 2.45) is 0 Å². The standard InChI is InChI=1S/C14H10ClNO4/c1-8-6-9(2-5-13(8)15)12-7-10(16(19)20)3-4-11(12)14(17)18/h2-7H,1H3,(H,17,18). The number of hydrogen-bond donors (Lipinski definition) is 1. The average Bonchev–Trinajstić information content (AvgIpc) is 2.41. The summed E-state index contributed by atoms with van der Waals surface area (Å²) in [5, 5.41) is 20.6. The van der Waals surface area contributed by atoms with Crippen LogP contribution in [0.25, 0.3) is 11.1 Å². The molecule has 0 aliphatic heterocycles. The van der Waals surface area contributed by atoms with Crippen molar-refractivity contribution < 1.29 is 14.8 Å². The smallest absolute Gasteiger partial charge is 0.336 e. The lowest BCUT2D eigenvalue weighted by Gasteiger charge is -2.08. The molecule has 6 heteroatoms. The maximum Gasteiger partial charge on any atom is 0.336 e. The first kappa shape index (κ1) is 14.0. The highest BCUT2D eigenvalue weighted by atomic mass is 35.5. The predicted octanol–water partition coefficient (Wildman–Crippen LogP) is 3.92. The molecule has 2 rings (SSSR count). The SMILES string of the molecule is Cc1cc(-c2cc([N+](=O)[O-])ccc2C(=O)O)ccc1Cl. The lowest BCUT2D eigenvalue weighted by molar-refractivity contribution is -0.384. The second-order valence-electron chi connectivity index (χ2n) is 4.26. The van der Waals surface area contributed by atoms with E-state index in [9.17, 15) is 20.0 Å². The molecular weight excluding hydrogens is 282 g/mol. The molecule has 0 heterocycles. The van der Waals surface area contributed by atoms with E-state index in [0.29, 0.717) is 16.1 Å². The van der Waals surface area contributed by atoms with Crippen LogP contribution in [0.4, 0.5) is 5.69 Å². The van der Waals surface area contributed by atoms with Crippen molar-refractivity contribution in [2.45, 2.75) is 6.92 Å². The van der Waals surface area contributed by atoms with Gasteiger partial charge in [-0.1, -0.05) is 17.7 Å². The molecule has 102 valence electrons. The van der Waals surface area contributed by atoms with Gasteiger partial charge in [0.05, 0.1) is 10.5 Å². The fraction of sp³-hybridized carbons (Fsp3) is 0.0714. The molecule has 0 aliphatic rings. The van der Waals surface area contributed by atoms with Crippen molar-refractivity contribution in [3.05, 3.63) is 62.7 Å². The predicted molar refractivity (Wildman–Crippen MR) is 75.2 cm³/mol. The molecule has 0 spiro atoms. The van der Waals surface area contributed by atoms with Gasteiger partial charge in [0.1, 0.15) is 0 Å². The summed E-state index contributed by atoms with van der Waals surface area (Å²) in [4.78, 5) is 21.5. The third-order valence-corrected chi connectivity index (χ3v) is 3.34. The van der Waals surface area contributed by atoms with Crippen molar-refractivity contribution in [1.29, 1.82) is 0 Å². The summed E-state index contributed by atoms with van der Waals surface area (Å²) in [6.45, 7) is 1.78. The first-order valence-electron chi connectivity index (χ1n) is 5.68. The lowest BCUT2D eigenvalue weighted by Crippen LogP contribution is -2.01. The molecule has 0 fully saturated rings. The van der Waals surface area contributed by atoms with Crippen LogP contribution in [0.5, 0.6) is 0 Å². The van der Waals surface area contributed by atoms with Gasteiger partial charge in [0.15, 0.2) is 0 Å². The van der Waals surface area contributed by atoms with Crippen molar-refractivity contribution in [1.82, 2.24) is 0 Å². The van der Waals surface area contributed by atoms with E-state index in [0.717, 1.165) is 5.56 Å². The molecule has 5 nitrogen and oxygen atoms in total. The highest BCUT2D eigenvalue weighted by molar-refractivity contribution is 6.31. The zero-order valence-electron chi connectivity index (χ0n) is 10.5. The van der Waals surface area contributed by atoms with E-state index in [4.69, 9.17) is 11.6 Å². The van der Waals surface area contributed by atoms with Crippen LogP contribution in [0.1, 0.15) is 15.9 Å². The van der Waals surface area contributed by atoms with Crippen LogP contribution >= 0.6 is 11.6 Å². The molecular formula is C14H10ClNO4. The summed E-state index contributed by atoms with van der Waals surface area (Å²) < 4.78 is 0. The molecule has 0 radical (unpaired) electrons. The molecule has 1 N–H and O–H groups in total. The summed E-state index contributed by atoms with van der Waals surface area (Å²) in [6.07, 6.45) is 0. The van der Waals surface area contributed by atoms with Crippen LogP contribution in [-0.4, -0.2) is 16.0 Å². The number of carboxylic acid groups (broad SMARTS) is 1. The number of nitro groups is 1. The number of aromatic carboxylic acids is 1. The normalized spacial score (nSPS) is 10.3. The van der Waals surface area contributed by atoms with Gasteiger partial charge in [-0.3, -0.25) is 10.1 Å². The van der Waals surface area contributed by atoms with E-state index < -0.39 is 10.9 Å². The third kappa shape index (κ3) is 2.62. The second-order valence-corrected chi connectivity index (χ2v) is 4.66. The Morgan fingerprint density at radius 3 is 2.50 bits per heavy atom. The number of rotatable bonds is 3. The average molecular weight is 292 g/mol. The quantitative estimate of drug-likeness (QED) is 0.686. The van der Waals surface area contributed by atoms with Gasteiger partial charge < -0.3 is 5.11 Å². The summed E-state index contributed by atoms with van der Waals surface area (Å²) in [7, 11) is 0. The Kier molecular flexibility index (Phi) is 3.72. The van der Waals surface area contributed by atoms with Crippen LogP contribution in [0.15, 0.2) is 36.4 Å². The van der Waals surface area contributed by atoms with Gasteiger partial charge in [-0.05, 0) is 36.2 Å². The number of carboxylic acids is 1. The van der Waals surface area contributed by atoms with Gasteiger partial charge in [-0.15, -0.1) is 0 Å². The summed E-state index contributed by atoms with van der Waals surface area (Å²) >= 11 is 5.93. The zero-order chi connectivity index (χ0) is 14.9. The van der Waals surface area contributed by atoms with E-state index in [-0.39, 0.29) is 11.3 Å². The molecule has 0 aliphatic carbocycles. The number of carbonyl (C=O) groups is 1. The van der Waals surface area contributed by atoms with Crippen molar-refractivity contribution >= 4 is 23.3 Å². The minimum atomic E-state index is -1.14. The Labute approximate surface area is 119 Å². The van der Waals surface area contributed by atoms with Crippen molar-refractivity contribution in [2.75, 3.05) is 0 Å². The Bertz CT molecular complexity index is 712. The first-order chi connectivity index (χ1) is 9.40. The molecule has 0 amide bonds. The number of nitrogens with zero attached hydrogens (tertiary/aromatic N) is 1. The van der Waals surface area contributed by atoms with Gasteiger partial charge in [0.2, 0.25) is 0 Å². The summed E-state index contributed by atoms with van der Waals surface area (Å²) in [5.41, 5.74) is 1.50. The maximum absolute atomic E-state index is 11.2. The van der Waals surface area contributed by atoms with Gasteiger partial charge in [-0.2, -0.15) is 0 Å². The summed E-state index contributed by atoms with van der Waals surface area (Å²) in [5.74, 6) is -1.14. The fourth-order valence-electron chi connectivity index (χ4n) is 1.88. The number of non-ortho nitro benzene ring substituents is 1. The molecule has 20 heavy (non-hydrogen) atoms. The topological polar surface area (TPSA) is 80.4 Å². The molecule has 0 saturated heterocycles. The van der Waals surface area contributed by atoms with E-state index >= 15 is 0 Å². The van der Waals surface area contributed by atoms with E-state index in [1.54, 1.807) is 25.1 Å². The minimum Gasteiger partial charge on any atom is -0.478 e. The van der Waals surface area contributed by atoms with Gasteiger partial charge in [0.25, 0.3) is 5.69 Å². The molecule has 0 saturated carbocycles. The van der Waals surface area contributed by atoms with Gasteiger partial charge >= 0.3 is 5.97 Å². The van der Waals surface area contributed by atoms with E-state index in [2.05, 4.69) is 0 Å². The van der Waals surface area contributed by atoms with E-state index in [1.807, 2.05) is 0 Å². The Hall–Kier alpha value is -2.40. The Morgan fingerprint density at radius 1 is 1.25 bits per heavy atom. The Balaban J connectivity index is 2.68. The monoisotopic (exact) mass is 291 g/mol. The van der Waals surface area contributed by atoms with Gasteiger partial charge in [0, 0.05) is 22.7 Å².